The molecule has 0 fully saturated rings. The lowest BCUT2D eigenvalue weighted by atomic mass is 10.1. The molecular weight excluding hydrogens is 966 g/mol. The second kappa shape index (κ2) is 55.9. The zero-order chi connectivity index (χ0) is 55.6. The van der Waals surface area contributed by atoms with E-state index in [4.69, 9.17) is 18.5 Å². The zero-order valence-corrected chi connectivity index (χ0v) is 49.8. The number of rotatable bonds is 53. The fraction of sp³-hybridized carbons (Fsp3) is 0.636. The van der Waals surface area contributed by atoms with Gasteiger partial charge in [0.2, 0.25) is 0 Å². The van der Waals surface area contributed by atoms with Gasteiger partial charge in [-0.15, -0.1) is 0 Å². The number of hydrogen-bond donors (Lipinski definition) is 1. The summed E-state index contributed by atoms with van der Waals surface area (Å²) in [7, 11) is 1.46. The van der Waals surface area contributed by atoms with Crippen molar-refractivity contribution in [2.75, 3.05) is 47.5 Å². The second-order valence-electron chi connectivity index (χ2n) is 20.7. The van der Waals surface area contributed by atoms with Crippen LogP contribution in [0.1, 0.15) is 219 Å². The van der Waals surface area contributed by atoms with Gasteiger partial charge in [0.15, 0.2) is 6.10 Å². The van der Waals surface area contributed by atoms with E-state index < -0.39 is 26.5 Å². The average molecular weight is 1080 g/mol. The number of ether oxygens (including phenoxy) is 2. The largest absolute Gasteiger partial charge is 0.472 e. The van der Waals surface area contributed by atoms with E-state index in [9.17, 15) is 19.0 Å². The Kier molecular flexibility index (Phi) is 53.1. The van der Waals surface area contributed by atoms with Gasteiger partial charge < -0.3 is 18.9 Å². The maximum absolute atomic E-state index is 12.8. The van der Waals surface area contributed by atoms with E-state index >= 15 is 0 Å². The van der Waals surface area contributed by atoms with Crippen molar-refractivity contribution in [3.05, 3.63) is 134 Å². The highest BCUT2D eigenvalue weighted by atomic mass is 31.2. The van der Waals surface area contributed by atoms with Crippen LogP contribution in [-0.2, 0) is 32.7 Å². The van der Waals surface area contributed by atoms with Crippen molar-refractivity contribution in [3.8, 4) is 0 Å². The molecule has 0 heterocycles. The predicted molar refractivity (Wildman–Crippen MR) is 325 cm³/mol. The van der Waals surface area contributed by atoms with Crippen molar-refractivity contribution in [1.29, 1.82) is 0 Å². The number of allylic oxidation sites excluding steroid dienone is 22. The summed E-state index contributed by atoms with van der Waals surface area (Å²) in [6.07, 6.45) is 81.1. The van der Waals surface area contributed by atoms with Gasteiger partial charge in [-0.1, -0.05) is 244 Å². The molecule has 0 bridgehead atoms. The maximum atomic E-state index is 12.8. The molecule has 0 aromatic rings. The lowest BCUT2D eigenvalue weighted by Gasteiger charge is -2.24. The van der Waals surface area contributed by atoms with Crippen LogP contribution in [0.3, 0.4) is 0 Å². The maximum Gasteiger partial charge on any atom is 0.472 e. The molecule has 0 saturated heterocycles. The van der Waals surface area contributed by atoms with E-state index in [0.29, 0.717) is 17.4 Å². The molecule has 0 aliphatic carbocycles. The number of quaternary nitrogens is 1. The molecule has 0 spiro atoms. The van der Waals surface area contributed by atoms with Crippen molar-refractivity contribution in [2.24, 2.45) is 0 Å². The molecule has 0 rings (SSSR count). The minimum Gasteiger partial charge on any atom is -0.462 e. The van der Waals surface area contributed by atoms with Gasteiger partial charge in [0.25, 0.3) is 0 Å². The molecule has 76 heavy (non-hydrogen) atoms. The van der Waals surface area contributed by atoms with E-state index in [1.165, 1.54) is 70.6 Å². The van der Waals surface area contributed by atoms with E-state index in [-0.39, 0.29) is 32.0 Å². The first-order chi connectivity index (χ1) is 37.0. The van der Waals surface area contributed by atoms with E-state index in [1.54, 1.807) is 0 Å². The van der Waals surface area contributed by atoms with Gasteiger partial charge in [0, 0.05) is 12.8 Å². The normalized spacial score (nSPS) is 14.2. The summed E-state index contributed by atoms with van der Waals surface area (Å²) in [6, 6.07) is 0. The third kappa shape index (κ3) is 59.4. The van der Waals surface area contributed by atoms with E-state index in [1.807, 2.05) is 21.1 Å². The van der Waals surface area contributed by atoms with Crippen molar-refractivity contribution in [3.63, 3.8) is 0 Å². The van der Waals surface area contributed by atoms with Gasteiger partial charge in [-0.25, -0.2) is 4.57 Å². The summed E-state index contributed by atoms with van der Waals surface area (Å²) in [5.41, 5.74) is 0. The Bertz CT molecular complexity index is 1740. The number of likely N-dealkylation sites (N-methyl/N-ethyl adjacent to an activating group) is 1. The molecule has 0 aliphatic rings. The number of carbonyl (C=O) groups excluding carboxylic acids is 2. The highest BCUT2D eigenvalue weighted by Gasteiger charge is 2.27. The second-order valence-corrected chi connectivity index (χ2v) is 22.1. The summed E-state index contributed by atoms with van der Waals surface area (Å²) in [6.45, 7) is 4.28. The molecule has 432 valence electrons. The lowest BCUT2D eigenvalue weighted by Crippen LogP contribution is -2.37. The number of carbonyl (C=O) groups is 2. The number of hydrogen-bond acceptors (Lipinski definition) is 7. The average Bonchev–Trinajstić information content (AvgIpc) is 3.38. The highest BCUT2D eigenvalue weighted by Crippen LogP contribution is 2.43. The minimum atomic E-state index is -4.39. The Morgan fingerprint density at radius 1 is 0.421 bits per heavy atom. The smallest absolute Gasteiger partial charge is 0.462 e. The lowest BCUT2D eigenvalue weighted by molar-refractivity contribution is -0.870. The van der Waals surface area contributed by atoms with Crippen molar-refractivity contribution >= 4 is 19.8 Å². The standard InChI is InChI=1S/C66H110NO8P/c1-6-8-10-12-14-16-18-19-20-21-22-23-24-25-26-27-28-29-30-31-32-33-34-35-36-37-38-39-40-41-42-43-44-45-46-47-49-51-53-55-57-59-66(69)75-64(63-74-76(70,71)73-61-60-67(3,4)5)62-72-65(68)58-56-54-52-50-48-17-15-13-11-9-7-2/h8,10,14,16,19-20,22-23,25-26,28-29,31-32,34-35,37-38,40-41,43-44,64H,6-7,9,11-13,15,17-18,21,24,27,30,33,36,39,42,45-63H2,1-5H3/p+1/b10-8-,16-14-,20-19-,23-22-,26-25-,29-28-,32-31-,35-34-,38-37-,41-40-,44-43-. The van der Waals surface area contributed by atoms with Gasteiger partial charge in [0.05, 0.1) is 27.7 Å². The Balaban J connectivity index is 4.10. The van der Waals surface area contributed by atoms with Crippen LogP contribution in [0.4, 0.5) is 0 Å². The predicted octanol–water partition coefficient (Wildman–Crippen LogP) is 18.9. The Morgan fingerprint density at radius 3 is 1.12 bits per heavy atom. The van der Waals surface area contributed by atoms with Crippen LogP contribution >= 0.6 is 7.82 Å². The monoisotopic (exact) mass is 1080 g/mol. The SMILES string of the molecule is CC/C=C\C/C=C\C/C=C\C/C=C\C/C=C\C/C=C\C/C=C\C/C=C\C/C=C\C/C=C\C/C=C\CCCCCCCCCC(=O)OC(COC(=O)CCCCCCCCCCCCC)COP(=O)(O)OCC[N+](C)(C)C. The number of phosphoric acid groups is 1. The Morgan fingerprint density at radius 2 is 0.750 bits per heavy atom. The molecule has 0 aromatic heterocycles. The van der Waals surface area contributed by atoms with Crippen LogP contribution in [0.5, 0.6) is 0 Å². The zero-order valence-electron chi connectivity index (χ0n) is 48.9. The molecule has 1 N–H and O–H groups in total. The van der Waals surface area contributed by atoms with Crippen molar-refractivity contribution in [2.45, 2.75) is 225 Å². The topological polar surface area (TPSA) is 108 Å². The molecule has 0 aliphatic heterocycles. The fourth-order valence-corrected chi connectivity index (χ4v) is 8.35. The number of nitrogens with zero attached hydrogens (tertiary/aromatic N) is 1. The van der Waals surface area contributed by atoms with Crippen molar-refractivity contribution < 1.29 is 42.1 Å². The van der Waals surface area contributed by atoms with Gasteiger partial charge in [-0.05, 0) is 96.3 Å². The molecule has 0 amide bonds. The Hall–Kier alpha value is -3.85. The molecule has 2 atom stereocenters. The van der Waals surface area contributed by atoms with E-state index in [0.717, 1.165) is 116 Å². The minimum absolute atomic E-state index is 0.0243. The fourth-order valence-electron chi connectivity index (χ4n) is 7.61. The summed E-state index contributed by atoms with van der Waals surface area (Å²) < 4.78 is 34.4. The molecule has 2 unspecified atom stereocenters. The van der Waals surface area contributed by atoms with Crippen LogP contribution in [0.15, 0.2) is 134 Å². The number of esters is 2. The van der Waals surface area contributed by atoms with Crippen LogP contribution < -0.4 is 0 Å². The quantitative estimate of drug-likeness (QED) is 0.0211. The van der Waals surface area contributed by atoms with Gasteiger partial charge in [-0.3, -0.25) is 18.6 Å². The third-order valence-electron chi connectivity index (χ3n) is 12.2. The first kappa shape index (κ1) is 72.2. The van der Waals surface area contributed by atoms with Gasteiger partial charge >= 0.3 is 19.8 Å². The van der Waals surface area contributed by atoms with Crippen LogP contribution in [-0.4, -0.2) is 74.9 Å². The van der Waals surface area contributed by atoms with E-state index in [2.05, 4.69) is 148 Å². The summed E-state index contributed by atoms with van der Waals surface area (Å²) in [5, 5.41) is 0. The number of unbranched alkanes of at least 4 members (excludes halogenated alkanes) is 17. The van der Waals surface area contributed by atoms with Crippen molar-refractivity contribution in [1.82, 2.24) is 0 Å². The first-order valence-corrected chi connectivity index (χ1v) is 31.4. The molecular formula is C66H111NO8P+. The summed E-state index contributed by atoms with van der Waals surface area (Å²) in [4.78, 5) is 35.5. The summed E-state index contributed by atoms with van der Waals surface area (Å²) in [5.74, 6) is -0.817. The van der Waals surface area contributed by atoms with Gasteiger partial charge in [0.1, 0.15) is 19.8 Å². The van der Waals surface area contributed by atoms with Gasteiger partial charge in [-0.2, -0.15) is 0 Å². The first-order valence-electron chi connectivity index (χ1n) is 29.9. The molecule has 0 aromatic carbocycles. The van der Waals surface area contributed by atoms with Crippen LogP contribution in [0, 0.1) is 0 Å². The molecule has 0 radical (unpaired) electrons. The molecule has 10 heteroatoms. The summed E-state index contributed by atoms with van der Waals surface area (Å²) >= 11 is 0. The molecule has 0 saturated carbocycles. The highest BCUT2D eigenvalue weighted by molar-refractivity contribution is 7.47. The van der Waals surface area contributed by atoms with Crippen LogP contribution in [0.2, 0.25) is 0 Å². The molecule has 9 nitrogen and oxygen atoms in total. The third-order valence-corrected chi connectivity index (χ3v) is 13.2. The van der Waals surface area contributed by atoms with Crippen LogP contribution in [0.25, 0.3) is 0 Å². The number of phosphoric ester groups is 1. The Labute approximate surface area is 466 Å².